The van der Waals surface area contributed by atoms with Crippen LogP contribution in [0.15, 0.2) is 12.5 Å². The van der Waals surface area contributed by atoms with Crippen molar-refractivity contribution < 1.29 is 8.78 Å². The molecule has 2 aromatic rings. The van der Waals surface area contributed by atoms with E-state index in [4.69, 9.17) is 0 Å². The lowest BCUT2D eigenvalue weighted by molar-refractivity contribution is 0.112. The van der Waals surface area contributed by atoms with Gasteiger partial charge in [-0.1, -0.05) is 0 Å². The van der Waals surface area contributed by atoms with Gasteiger partial charge in [-0.05, 0) is 25.3 Å². The molecule has 0 amide bonds. The Kier molecular flexibility index (Phi) is 3.07. The molecule has 1 aliphatic heterocycles. The third kappa shape index (κ3) is 2.33. The van der Waals surface area contributed by atoms with Gasteiger partial charge in [0.05, 0.1) is 11.3 Å². The number of piperidine rings is 1. The zero-order chi connectivity index (χ0) is 15.3. The zero-order valence-corrected chi connectivity index (χ0v) is 12.4. The highest BCUT2D eigenvalue weighted by Gasteiger charge is 2.58. The van der Waals surface area contributed by atoms with Crippen LogP contribution in [0.4, 0.5) is 14.6 Å². The maximum absolute atomic E-state index is 13.4. The predicted octanol–water partition coefficient (Wildman–Crippen LogP) is 2.63. The summed E-state index contributed by atoms with van der Waals surface area (Å²) in [5.41, 5.74) is 1.24. The van der Waals surface area contributed by atoms with Crippen LogP contribution in [0.5, 0.6) is 0 Å². The zero-order valence-electron chi connectivity index (χ0n) is 12.4. The summed E-state index contributed by atoms with van der Waals surface area (Å²) in [5.74, 6) is -2.65. The summed E-state index contributed by atoms with van der Waals surface area (Å²) in [6, 6.07) is 0.785. The number of hydrogen-bond donors (Lipinski definition) is 3. The molecule has 3 heterocycles. The number of aromatic nitrogens is 3. The number of H-pyrrole nitrogens is 1. The molecule has 2 aromatic heterocycles. The van der Waals surface area contributed by atoms with E-state index >= 15 is 0 Å². The van der Waals surface area contributed by atoms with E-state index in [1.165, 1.54) is 6.33 Å². The SMILES string of the molecule is C[C@H]1CC[C@@H](Nc2ncnc3[nH]cc([C@H]4CC4(F)F)c23)CN1. The van der Waals surface area contributed by atoms with E-state index in [1.54, 1.807) is 6.20 Å². The van der Waals surface area contributed by atoms with Crippen molar-refractivity contribution >= 4 is 16.9 Å². The summed E-state index contributed by atoms with van der Waals surface area (Å²) in [5, 5.41) is 7.54. The number of fused-ring (bicyclic) bond motifs is 1. The molecular weight excluding hydrogens is 288 g/mol. The molecule has 3 N–H and O–H groups in total. The Balaban J connectivity index is 1.64. The number of anilines is 1. The lowest BCUT2D eigenvalue weighted by Crippen LogP contribution is -2.43. The molecule has 1 aliphatic carbocycles. The number of aromatic amines is 1. The Bertz CT molecular complexity index is 690. The first kappa shape index (κ1) is 13.9. The Morgan fingerprint density at radius 2 is 2.14 bits per heavy atom. The minimum Gasteiger partial charge on any atom is -0.365 e. The van der Waals surface area contributed by atoms with Crippen LogP contribution in [0.2, 0.25) is 0 Å². The molecule has 3 atom stereocenters. The molecular formula is C15H19F2N5. The first-order valence-electron chi connectivity index (χ1n) is 7.74. The maximum atomic E-state index is 13.4. The Hall–Kier alpha value is -1.76. The van der Waals surface area contributed by atoms with Crippen molar-refractivity contribution in [3.63, 3.8) is 0 Å². The van der Waals surface area contributed by atoms with Gasteiger partial charge in [-0.2, -0.15) is 0 Å². The predicted molar refractivity (Wildman–Crippen MR) is 80.3 cm³/mol. The van der Waals surface area contributed by atoms with Crippen molar-refractivity contribution in [2.45, 2.75) is 50.1 Å². The Morgan fingerprint density at radius 3 is 2.82 bits per heavy atom. The normalized spacial score (nSPS) is 30.4. The van der Waals surface area contributed by atoms with Gasteiger partial charge in [-0.25, -0.2) is 18.7 Å². The highest BCUT2D eigenvalue weighted by Crippen LogP contribution is 2.57. The van der Waals surface area contributed by atoms with Crippen molar-refractivity contribution in [1.29, 1.82) is 0 Å². The second kappa shape index (κ2) is 4.87. The van der Waals surface area contributed by atoms with Gasteiger partial charge < -0.3 is 15.6 Å². The molecule has 7 heteroatoms. The van der Waals surface area contributed by atoms with Gasteiger partial charge in [0, 0.05) is 31.2 Å². The van der Waals surface area contributed by atoms with Crippen LogP contribution in [0.3, 0.4) is 0 Å². The van der Waals surface area contributed by atoms with Crippen LogP contribution in [-0.4, -0.2) is 39.5 Å². The Morgan fingerprint density at radius 1 is 1.32 bits per heavy atom. The van der Waals surface area contributed by atoms with Crippen LogP contribution >= 0.6 is 0 Å². The van der Waals surface area contributed by atoms with Gasteiger partial charge in [0.1, 0.15) is 17.8 Å². The molecule has 2 aliphatic rings. The van der Waals surface area contributed by atoms with E-state index in [2.05, 4.69) is 32.5 Å². The van der Waals surface area contributed by atoms with Crippen molar-refractivity contribution in [1.82, 2.24) is 20.3 Å². The third-order valence-corrected chi connectivity index (χ3v) is 4.70. The van der Waals surface area contributed by atoms with Crippen LogP contribution in [-0.2, 0) is 0 Å². The molecule has 4 rings (SSSR count). The minimum atomic E-state index is -2.59. The maximum Gasteiger partial charge on any atom is 0.256 e. The third-order valence-electron chi connectivity index (χ3n) is 4.70. The topological polar surface area (TPSA) is 65.6 Å². The smallest absolute Gasteiger partial charge is 0.256 e. The molecule has 0 aromatic carbocycles. The van der Waals surface area contributed by atoms with Gasteiger partial charge in [0.15, 0.2) is 0 Å². The molecule has 5 nitrogen and oxygen atoms in total. The lowest BCUT2D eigenvalue weighted by atomic mass is 10.0. The molecule has 0 radical (unpaired) electrons. The van der Waals surface area contributed by atoms with Crippen molar-refractivity contribution in [3.8, 4) is 0 Å². The first-order chi connectivity index (χ1) is 10.5. The van der Waals surface area contributed by atoms with Gasteiger partial charge in [-0.15, -0.1) is 0 Å². The molecule has 118 valence electrons. The van der Waals surface area contributed by atoms with E-state index in [9.17, 15) is 8.78 Å². The fraction of sp³-hybridized carbons (Fsp3) is 0.600. The average molecular weight is 307 g/mol. The number of rotatable bonds is 3. The standard InChI is InChI=1S/C15H19F2N5/c1-8-2-3-9(5-18-8)22-14-12-10(11-4-15(11,16)17)6-19-13(12)20-7-21-14/h6-9,11,18H,2-5H2,1H3,(H2,19,20,21,22)/t8-,9+,11+/m0/s1. The van der Waals surface area contributed by atoms with Gasteiger partial charge >= 0.3 is 0 Å². The van der Waals surface area contributed by atoms with Crippen molar-refractivity contribution in [3.05, 3.63) is 18.1 Å². The minimum absolute atomic E-state index is 0.0865. The van der Waals surface area contributed by atoms with E-state index in [0.717, 1.165) is 19.4 Å². The number of hydrogen-bond acceptors (Lipinski definition) is 4. The van der Waals surface area contributed by atoms with Gasteiger partial charge in [-0.3, -0.25) is 0 Å². The monoisotopic (exact) mass is 307 g/mol. The second-order valence-corrected chi connectivity index (χ2v) is 6.44. The van der Waals surface area contributed by atoms with Gasteiger partial charge in [0.2, 0.25) is 0 Å². The van der Waals surface area contributed by atoms with Crippen LogP contribution in [0.25, 0.3) is 11.0 Å². The van der Waals surface area contributed by atoms with Crippen LogP contribution in [0.1, 0.15) is 37.7 Å². The molecule has 1 saturated heterocycles. The fourth-order valence-electron chi connectivity index (χ4n) is 3.24. The molecule has 0 bridgehead atoms. The Labute approximate surface area is 126 Å². The summed E-state index contributed by atoms with van der Waals surface area (Å²) in [7, 11) is 0. The fourth-order valence-corrected chi connectivity index (χ4v) is 3.24. The number of nitrogens with one attached hydrogen (secondary N) is 3. The highest BCUT2D eigenvalue weighted by atomic mass is 19.3. The van der Waals surface area contributed by atoms with Crippen LogP contribution < -0.4 is 10.6 Å². The van der Waals surface area contributed by atoms with E-state index in [-0.39, 0.29) is 12.5 Å². The highest BCUT2D eigenvalue weighted by molar-refractivity contribution is 5.91. The summed E-state index contributed by atoms with van der Waals surface area (Å²) >= 11 is 0. The summed E-state index contributed by atoms with van der Waals surface area (Å²) in [4.78, 5) is 11.4. The molecule has 0 spiro atoms. The van der Waals surface area contributed by atoms with Gasteiger partial charge in [0.25, 0.3) is 5.92 Å². The van der Waals surface area contributed by atoms with E-state index in [0.29, 0.717) is 28.5 Å². The summed E-state index contributed by atoms with van der Waals surface area (Å²) in [6.07, 6.45) is 5.16. The number of halogens is 2. The lowest BCUT2D eigenvalue weighted by Gasteiger charge is -2.28. The average Bonchev–Trinajstić information content (AvgIpc) is 2.94. The first-order valence-corrected chi connectivity index (χ1v) is 7.74. The van der Waals surface area contributed by atoms with Crippen LogP contribution in [0, 0.1) is 0 Å². The molecule has 22 heavy (non-hydrogen) atoms. The molecule has 0 unspecified atom stereocenters. The van der Waals surface area contributed by atoms with Crippen molar-refractivity contribution in [2.24, 2.45) is 0 Å². The van der Waals surface area contributed by atoms with Crippen molar-refractivity contribution in [2.75, 3.05) is 11.9 Å². The van der Waals surface area contributed by atoms with E-state index < -0.39 is 11.8 Å². The quantitative estimate of drug-likeness (QED) is 0.815. The number of nitrogens with zero attached hydrogens (tertiary/aromatic N) is 2. The molecule has 1 saturated carbocycles. The largest absolute Gasteiger partial charge is 0.365 e. The summed E-state index contributed by atoms with van der Waals surface area (Å²) in [6.45, 7) is 3.02. The van der Waals surface area contributed by atoms with E-state index in [1.807, 2.05) is 0 Å². The number of alkyl halides is 2. The molecule has 2 fully saturated rings. The summed E-state index contributed by atoms with van der Waals surface area (Å²) < 4.78 is 26.9. The second-order valence-electron chi connectivity index (χ2n) is 6.44.